The van der Waals surface area contributed by atoms with E-state index in [9.17, 15) is 14.4 Å². The van der Waals surface area contributed by atoms with Crippen LogP contribution in [0, 0.1) is 5.92 Å². The zero-order chi connectivity index (χ0) is 18.3. The highest BCUT2D eigenvalue weighted by atomic mass is 35.5. The van der Waals surface area contributed by atoms with E-state index in [1.807, 2.05) is 0 Å². The van der Waals surface area contributed by atoms with Crippen molar-refractivity contribution < 1.29 is 14.4 Å². The number of benzene rings is 2. The summed E-state index contributed by atoms with van der Waals surface area (Å²) in [7, 11) is 3.03. The zero-order valence-electron chi connectivity index (χ0n) is 13.5. The maximum absolute atomic E-state index is 12.9. The monoisotopic (exact) mass is 376 g/mol. The summed E-state index contributed by atoms with van der Waals surface area (Å²) in [6.45, 7) is 0. The molecule has 0 saturated carbocycles. The molecule has 0 spiro atoms. The second kappa shape index (κ2) is 6.50. The zero-order valence-corrected chi connectivity index (χ0v) is 15.0. The number of hydrogen-bond acceptors (Lipinski definition) is 3. The molecule has 1 atom stereocenters. The molecule has 7 heteroatoms. The Balaban J connectivity index is 2.00. The van der Waals surface area contributed by atoms with E-state index in [0.29, 0.717) is 16.4 Å². The van der Waals surface area contributed by atoms with Crippen LogP contribution in [0.3, 0.4) is 0 Å². The van der Waals surface area contributed by atoms with Gasteiger partial charge in [0.15, 0.2) is 11.7 Å². The number of ketones is 1. The maximum atomic E-state index is 12.9. The third-order valence-corrected chi connectivity index (χ3v) is 4.80. The van der Waals surface area contributed by atoms with E-state index in [0.717, 1.165) is 0 Å². The number of nitrogens with zero attached hydrogens (tertiary/aromatic N) is 2. The average molecular weight is 377 g/mol. The molecule has 3 rings (SSSR count). The Morgan fingerprint density at radius 3 is 2.36 bits per heavy atom. The van der Waals surface area contributed by atoms with Crippen molar-refractivity contribution in [1.29, 1.82) is 0 Å². The molecule has 25 heavy (non-hydrogen) atoms. The topological polar surface area (TPSA) is 57.7 Å². The number of halogens is 2. The van der Waals surface area contributed by atoms with Gasteiger partial charge in [0, 0.05) is 24.8 Å². The summed E-state index contributed by atoms with van der Waals surface area (Å²) >= 11 is 12.0. The van der Waals surface area contributed by atoms with Crippen LogP contribution in [0.5, 0.6) is 0 Å². The summed E-state index contributed by atoms with van der Waals surface area (Å²) in [6.07, 6.45) is 0. The minimum Gasteiger partial charge on any atom is -0.314 e. The molecular weight excluding hydrogens is 363 g/mol. The lowest BCUT2D eigenvalue weighted by molar-refractivity contribution is -0.130. The number of Topliss-reactive ketones (excluding diaryl/α,β-unsaturated/α-hetero) is 1. The minimum absolute atomic E-state index is 0.189. The SMILES string of the molecule is CN(C(=O)C1C(=O)c2c(Cl)cccc2N(C)C1=O)c1ccc(Cl)cc1. The van der Waals surface area contributed by atoms with Crippen molar-refractivity contribution in [3.05, 3.63) is 58.1 Å². The maximum Gasteiger partial charge on any atom is 0.247 e. The van der Waals surface area contributed by atoms with E-state index in [1.165, 1.54) is 23.9 Å². The van der Waals surface area contributed by atoms with Crippen LogP contribution in [0.25, 0.3) is 0 Å². The fourth-order valence-electron chi connectivity index (χ4n) is 2.81. The minimum atomic E-state index is -1.46. The van der Waals surface area contributed by atoms with Gasteiger partial charge in [-0.25, -0.2) is 0 Å². The molecule has 0 bridgehead atoms. The van der Waals surface area contributed by atoms with Gasteiger partial charge in [-0.2, -0.15) is 0 Å². The fraction of sp³-hybridized carbons (Fsp3) is 0.167. The van der Waals surface area contributed by atoms with Crippen molar-refractivity contribution >= 4 is 52.2 Å². The lowest BCUT2D eigenvalue weighted by Crippen LogP contribution is -2.50. The molecule has 1 aliphatic heterocycles. The summed E-state index contributed by atoms with van der Waals surface area (Å²) in [4.78, 5) is 40.9. The summed E-state index contributed by atoms with van der Waals surface area (Å²) in [5.74, 6) is -3.24. The number of amides is 2. The van der Waals surface area contributed by atoms with E-state index < -0.39 is 23.5 Å². The number of rotatable bonds is 2. The van der Waals surface area contributed by atoms with Crippen LogP contribution in [0.15, 0.2) is 42.5 Å². The van der Waals surface area contributed by atoms with Crippen LogP contribution in [-0.4, -0.2) is 31.7 Å². The third-order valence-electron chi connectivity index (χ3n) is 4.23. The number of hydrogen-bond donors (Lipinski definition) is 0. The molecule has 0 aliphatic carbocycles. The van der Waals surface area contributed by atoms with Gasteiger partial charge >= 0.3 is 0 Å². The van der Waals surface area contributed by atoms with Crippen molar-refractivity contribution in [2.75, 3.05) is 23.9 Å². The summed E-state index contributed by atoms with van der Waals surface area (Å²) < 4.78 is 0. The van der Waals surface area contributed by atoms with Crippen molar-refractivity contribution in [1.82, 2.24) is 0 Å². The molecule has 1 unspecified atom stereocenters. The predicted molar refractivity (Wildman–Crippen MR) is 97.5 cm³/mol. The highest BCUT2D eigenvalue weighted by Gasteiger charge is 2.44. The average Bonchev–Trinajstić information content (AvgIpc) is 2.59. The first kappa shape index (κ1) is 17.5. The molecule has 0 saturated heterocycles. The molecule has 5 nitrogen and oxygen atoms in total. The van der Waals surface area contributed by atoms with Gasteiger partial charge in [0.05, 0.1) is 16.3 Å². The smallest absolute Gasteiger partial charge is 0.247 e. The quantitative estimate of drug-likeness (QED) is 0.754. The van der Waals surface area contributed by atoms with Crippen LogP contribution < -0.4 is 9.80 Å². The first-order chi connectivity index (χ1) is 11.8. The van der Waals surface area contributed by atoms with Gasteiger partial charge in [-0.1, -0.05) is 29.3 Å². The fourth-order valence-corrected chi connectivity index (χ4v) is 3.20. The summed E-state index contributed by atoms with van der Waals surface area (Å²) in [6, 6.07) is 11.4. The number of anilines is 2. The molecule has 2 amide bonds. The van der Waals surface area contributed by atoms with Gasteiger partial charge in [-0.3, -0.25) is 14.4 Å². The molecule has 0 aromatic heterocycles. The van der Waals surface area contributed by atoms with Gasteiger partial charge in [-0.05, 0) is 36.4 Å². The molecule has 2 aromatic rings. The lowest BCUT2D eigenvalue weighted by Gasteiger charge is -2.32. The van der Waals surface area contributed by atoms with Crippen LogP contribution in [0.1, 0.15) is 10.4 Å². The van der Waals surface area contributed by atoms with Gasteiger partial charge in [0.25, 0.3) is 0 Å². The molecule has 1 heterocycles. The van der Waals surface area contributed by atoms with Gasteiger partial charge in [0.2, 0.25) is 11.8 Å². The number of fused-ring (bicyclic) bond motifs is 1. The number of carbonyl (C=O) groups excluding carboxylic acids is 3. The Labute approximate surface area is 154 Å². The van der Waals surface area contributed by atoms with Crippen molar-refractivity contribution in [3.8, 4) is 0 Å². The van der Waals surface area contributed by atoms with E-state index in [4.69, 9.17) is 23.2 Å². The molecule has 128 valence electrons. The van der Waals surface area contributed by atoms with E-state index in [-0.39, 0.29) is 10.6 Å². The summed E-state index contributed by atoms with van der Waals surface area (Å²) in [5, 5.41) is 0.739. The Morgan fingerprint density at radius 2 is 1.72 bits per heavy atom. The van der Waals surface area contributed by atoms with Crippen LogP contribution in [-0.2, 0) is 9.59 Å². The molecule has 0 fully saturated rings. The Bertz CT molecular complexity index is 880. The second-order valence-corrected chi connectivity index (χ2v) is 6.55. The third kappa shape index (κ3) is 2.90. The van der Waals surface area contributed by atoms with E-state index >= 15 is 0 Å². The Morgan fingerprint density at radius 1 is 1.08 bits per heavy atom. The largest absolute Gasteiger partial charge is 0.314 e. The molecule has 1 aliphatic rings. The van der Waals surface area contributed by atoms with E-state index in [2.05, 4.69) is 0 Å². The van der Waals surface area contributed by atoms with Crippen LogP contribution in [0.2, 0.25) is 10.0 Å². The highest BCUT2D eigenvalue weighted by molar-refractivity contribution is 6.40. The van der Waals surface area contributed by atoms with Gasteiger partial charge in [-0.15, -0.1) is 0 Å². The normalized spacial score (nSPS) is 16.6. The highest BCUT2D eigenvalue weighted by Crippen LogP contribution is 2.35. The summed E-state index contributed by atoms with van der Waals surface area (Å²) in [5.41, 5.74) is 1.12. The molecule has 0 N–H and O–H groups in total. The van der Waals surface area contributed by atoms with E-state index in [1.54, 1.807) is 42.5 Å². The van der Waals surface area contributed by atoms with Gasteiger partial charge in [0.1, 0.15) is 0 Å². The van der Waals surface area contributed by atoms with Crippen molar-refractivity contribution in [2.24, 2.45) is 5.92 Å². The Kier molecular flexibility index (Phi) is 4.54. The van der Waals surface area contributed by atoms with Crippen molar-refractivity contribution in [2.45, 2.75) is 0 Å². The van der Waals surface area contributed by atoms with Crippen LogP contribution in [0.4, 0.5) is 11.4 Å². The molecule has 2 aromatic carbocycles. The second-order valence-electron chi connectivity index (χ2n) is 5.70. The first-order valence-electron chi connectivity index (χ1n) is 7.46. The Hall–Kier alpha value is -2.37. The van der Waals surface area contributed by atoms with Crippen LogP contribution >= 0.6 is 23.2 Å². The first-order valence-corrected chi connectivity index (χ1v) is 8.22. The van der Waals surface area contributed by atoms with Gasteiger partial charge < -0.3 is 9.80 Å². The molecular formula is C18H14Cl2N2O3. The van der Waals surface area contributed by atoms with Crippen molar-refractivity contribution in [3.63, 3.8) is 0 Å². The standard InChI is InChI=1S/C18H14Cl2N2O3/c1-21(11-8-6-10(19)7-9-11)17(24)15-16(23)14-12(20)4-3-5-13(14)22(2)18(15)25/h3-9,15H,1-2H3. The predicted octanol–water partition coefficient (Wildman–Crippen LogP) is 3.43. The number of carbonyl (C=O) groups is 3. The lowest BCUT2D eigenvalue weighted by atomic mass is 9.89. The molecule has 0 radical (unpaired) electrons.